The number of benzene rings is 1. The van der Waals surface area contributed by atoms with Crippen molar-refractivity contribution < 1.29 is 24.0 Å². The second-order valence-electron chi connectivity index (χ2n) is 15.7. The first-order valence-electron chi connectivity index (χ1n) is 17.1. The number of likely N-dealkylation sites (tertiary alicyclic amines) is 1. The van der Waals surface area contributed by atoms with E-state index in [1.54, 1.807) is 4.90 Å². The first-order chi connectivity index (χ1) is 21.6. The van der Waals surface area contributed by atoms with E-state index in [0.29, 0.717) is 25.8 Å². The summed E-state index contributed by atoms with van der Waals surface area (Å²) in [4.78, 5) is 68.5. The SMILES string of the molecule is CC(C)[C@]1(C)CCN(C(=O)[C@@H](NC(=O)NC2(Cc3ccccc3)CCCCC2)C(C)(C)C)[C@@H]1C(=O)NC(CC1CC1)C(=O)C(N)=O. The molecule has 46 heavy (non-hydrogen) atoms. The molecule has 1 saturated heterocycles. The van der Waals surface area contributed by atoms with Crippen LogP contribution in [0.4, 0.5) is 4.79 Å². The molecule has 5 amide bonds. The van der Waals surface area contributed by atoms with Gasteiger partial charge < -0.3 is 26.6 Å². The number of rotatable bonds is 12. The van der Waals surface area contributed by atoms with Crippen LogP contribution in [-0.2, 0) is 25.6 Å². The van der Waals surface area contributed by atoms with Crippen molar-refractivity contribution >= 4 is 29.5 Å². The van der Waals surface area contributed by atoms with Gasteiger partial charge in [0.05, 0.1) is 6.04 Å². The number of primary amides is 1. The van der Waals surface area contributed by atoms with Crippen molar-refractivity contribution in [3.8, 4) is 0 Å². The van der Waals surface area contributed by atoms with E-state index in [1.165, 1.54) is 0 Å². The molecule has 0 bridgehead atoms. The van der Waals surface area contributed by atoms with E-state index in [9.17, 15) is 24.0 Å². The van der Waals surface area contributed by atoms with Crippen LogP contribution in [0.2, 0.25) is 0 Å². The summed E-state index contributed by atoms with van der Waals surface area (Å²) < 4.78 is 0. The average molecular weight is 638 g/mol. The summed E-state index contributed by atoms with van der Waals surface area (Å²) in [5.74, 6) is -2.42. The highest BCUT2D eigenvalue weighted by atomic mass is 16.2. The zero-order valence-corrected chi connectivity index (χ0v) is 28.6. The summed E-state index contributed by atoms with van der Waals surface area (Å²) in [5, 5.41) is 9.14. The number of carbonyl (C=O) groups is 5. The predicted octanol–water partition coefficient (Wildman–Crippen LogP) is 4.25. The first-order valence-corrected chi connectivity index (χ1v) is 17.1. The molecule has 0 spiro atoms. The van der Waals surface area contributed by atoms with Crippen molar-refractivity contribution in [1.82, 2.24) is 20.9 Å². The predicted molar refractivity (Wildman–Crippen MR) is 177 cm³/mol. The number of amides is 5. The van der Waals surface area contributed by atoms with E-state index in [0.717, 1.165) is 50.5 Å². The maximum atomic E-state index is 14.5. The Labute approximate surface area is 274 Å². The van der Waals surface area contributed by atoms with Gasteiger partial charge >= 0.3 is 6.03 Å². The van der Waals surface area contributed by atoms with Gasteiger partial charge in [-0.05, 0) is 54.9 Å². The van der Waals surface area contributed by atoms with Gasteiger partial charge in [-0.25, -0.2) is 4.79 Å². The number of nitrogens with zero attached hydrogens (tertiary/aromatic N) is 1. The smallest absolute Gasteiger partial charge is 0.315 e. The number of nitrogens with two attached hydrogens (primary N) is 1. The molecular formula is C36H55N5O5. The molecule has 5 N–H and O–H groups in total. The zero-order valence-electron chi connectivity index (χ0n) is 28.6. The van der Waals surface area contributed by atoms with Gasteiger partial charge in [-0.3, -0.25) is 19.2 Å². The van der Waals surface area contributed by atoms with Crippen LogP contribution in [0.15, 0.2) is 30.3 Å². The molecule has 3 aliphatic rings. The first kappa shape index (κ1) is 35.4. The Morgan fingerprint density at radius 2 is 1.59 bits per heavy atom. The summed E-state index contributed by atoms with van der Waals surface area (Å²) in [6, 6.07) is 6.93. The lowest BCUT2D eigenvalue weighted by molar-refractivity contribution is -0.146. The topological polar surface area (TPSA) is 151 Å². The maximum Gasteiger partial charge on any atom is 0.315 e. The average Bonchev–Trinajstić information content (AvgIpc) is 3.73. The number of hydrogen-bond donors (Lipinski definition) is 4. The third-order valence-corrected chi connectivity index (χ3v) is 10.8. The summed E-state index contributed by atoms with van der Waals surface area (Å²) >= 11 is 0. The van der Waals surface area contributed by atoms with Crippen LogP contribution in [0.5, 0.6) is 0 Å². The van der Waals surface area contributed by atoms with Gasteiger partial charge in [0.2, 0.25) is 17.6 Å². The second-order valence-corrected chi connectivity index (χ2v) is 15.7. The van der Waals surface area contributed by atoms with E-state index < -0.39 is 58.1 Å². The minimum atomic E-state index is -1.08. The van der Waals surface area contributed by atoms with E-state index >= 15 is 0 Å². The van der Waals surface area contributed by atoms with Gasteiger partial charge in [0, 0.05) is 17.5 Å². The van der Waals surface area contributed by atoms with Crippen molar-refractivity contribution in [2.24, 2.45) is 28.4 Å². The molecule has 10 nitrogen and oxygen atoms in total. The largest absolute Gasteiger partial charge is 0.363 e. The Balaban J connectivity index is 1.57. The summed E-state index contributed by atoms with van der Waals surface area (Å²) in [7, 11) is 0. The third kappa shape index (κ3) is 8.28. The standard InChI is InChI=1S/C36H55N5O5/c1-23(2)35(6)19-20-41(29(35)31(44)38-26(21-24-15-16-24)27(42)30(37)43)32(45)28(34(3,4)5)39-33(46)40-36(17-11-8-12-18-36)22-25-13-9-7-10-14-25/h7,9-10,13-14,23-24,26,28-29H,8,11-12,15-22H2,1-6H3,(H2,37,43)(H,38,44)(H2,39,40,46)/t26?,28-,29-,35+/m1/s1. The molecule has 3 fully saturated rings. The summed E-state index contributed by atoms with van der Waals surface area (Å²) in [6.07, 6.45) is 8.39. The highest BCUT2D eigenvalue weighted by Crippen LogP contribution is 2.44. The Kier molecular flexibility index (Phi) is 10.9. The van der Waals surface area contributed by atoms with Crippen LogP contribution in [0.1, 0.15) is 105 Å². The molecule has 2 saturated carbocycles. The van der Waals surface area contributed by atoms with Gasteiger partial charge in [-0.2, -0.15) is 0 Å². The van der Waals surface area contributed by atoms with Crippen molar-refractivity contribution in [1.29, 1.82) is 0 Å². The molecule has 10 heteroatoms. The minimum absolute atomic E-state index is 0.0308. The molecule has 0 aromatic heterocycles. The fourth-order valence-corrected chi connectivity index (χ4v) is 7.39. The summed E-state index contributed by atoms with van der Waals surface area (Å²) in [5.41, 5.74) is 4.83. The highest BCUT2D eigenvalue weighted by Gasteiger charge is 2.54. The fraction of sp³-hybridized carbons (Fsp3) is 0.694. The molecule has 1 aliphatic heterocycles. The quantitative estimate of drug-likeness (QED) is 0.253. The lowest BCUT2D eigenvalue weighted by atomic mass is 9.72. The number of carbonyl (C=O) groups excluding carboxylic acids is 5. The van der Waals surface area contributed by atoms with E-state index in [-0.39, 0.29) is 17.7 Å². The van der Waals surface area contributed by atoms with Gasteiger partial charge in [0.15, 0.2) is 0 Å². The van der Waals surface area contributed by atoms with E-state index in [2.05, 4.69) is 28.1 Å². The molecule has 254 valence electrons. The van der Waals surface area contributed by atoms with Gasteiger partial charge in [0.1, 0.15) is 12.1 Å². The van der Waals surface area contributed by atoms with Crippen LogP contribution in [0.25, 0.3) is 0 Å². The maximum absolute atomic E-state index is 14.5. The molecule has 1 unspecified atom stereocenters. The van der Waals surface area contributed by atoms with Crippen LogP contribution >= 0.6 is 0 Å². The number of ketones is 1. The van der Waals surface area contributed by atoms with Gasteiger partial charge in [-0.15, -0.1) is 0 Å². The van der Waals surface area contributed by atoms with Crippen molar-refractivity contribution in [3.05, 3.63) is 35.9 Å². The van der Waals surface area contributed by atoms with Crippen LogP contribution in [0.3, 0.4) is 0 Å². The Morgan fingerprint density at radius 1 is 0.957 bits per heavy atom. The molecule has 1 heterocycles. The van der Waals surface area contributed by atoms with Gasteiger partial charge in [0.25, 0.3) is 5.91 Å². The molecule has 1 aromatic carbocycles. The molecule has 4 rings (SSSR count). The van der Waals surface area contributed by atoms with E-state index in [1.807, 2.05) is 59.7 Å². The summed E-state index contributed by atoms with van der Waals surface area (Å²) in [6.45, 7) is 12.1. The van der Waals surface area contributed by atoms with Gasteiger partial charge in [-0.1, -0.05) is 104 Å². The third-order valence-electron chi connectivity index (χ3n) is 10.8. The lowest BCUT2D eigenvalue weighted by Crippen LogP contribution is -2.63. The Hall–Kier alpha value is -3.43. The Bertz CT molecular complexity index is 1280. The normalized spacial score (nSPS) is 24.2. The monoisotopic (exact) mass is 637 g/mol. The van der Waals surface area contributed by atoms with Crippen molar-refractivity contribution in [2.45, 2.75) is 129 Å². The van der Waals surface area contributed by atoms with Crippen LogP contribution in [-0.4, -0.2) is 64.6 Å². The molecule has 4 atom stereocenters. The van der Waals surface area contributed by atoms with Crippen molar-refractivity contribution in [2.75, 3.05) is 6.54 Å². The Morgan fingerprint density at radius 3 is 2.13 bits per heavy atom. The number of hydrogen-bond acceptors (Lipinski definition) is 5. The molecule has 2 aliphatic carbocycles. The lowest BCUT2D eigenvalue weighted by Gasteiger charge is -2.42. The number of urea groups is 1. The minimum Gasteiger partial charge on any atom is -0.363 e. The molecule has 1 aromatic rings. The van der Waals surface area contributed by atoms with E-state index in [4.69, 9.17) is 5.73 Å². The molecule has 0 radical (unpaired) electrons. The second kappa shape index (κ2) is 14.1. The number of nitrogens with one attached hydrogen (secondary N) is 3. The fourth-order valence-electron chi connectivity index (χ4n) is 7.39. The highest BCUT2D eigenvalue weighted by molar-refractivity contribution is 6.37. The molecular weight excluding hydrogens is 582 g/mol. The zero-order chi connectivity index (χ0) is 33.9. The van der Waals surface area contributed by atoms with Crippen LogP contribution < -0.4 is 21.7 Å². The van der Waals surface area contributed by atoms with Crippen molar-refractivity contribution in [3.63, 3.8) is 0 Å². The number of Topliss-reactive ketones (excluding diaryl/α,β-unsaturated/α-hetero) is 1. The van der Waals surface area contributed by atoms with Crippen LogP contribution in [0, 0.1) is 22.7 Å².